The number of aromatic nitrogens is 3. The van der Waals surface area contributed by atoms with Gasteiger partial charge in [-0.05, 0) is 41.7 Å². The van der Waals surface area contributed by atoms with Crippen molar-refractivity contribution < 1.29 is 4.79 Å². The SMILES string of the molecule is CC(C)Cc1ccc(-c2cc(C(=O)N/N=C/c3ccncc3)[nH]n2)cc1. The van der Waals surface area contributed by atoms with E-state index in [0.717, 1.165) is 23.2 Å². The number of pyridine rings is 1. The quantitative estimate of drug-likeness (QED) is 0.529. The lowest BCUT2D eigenvalue weighted by Crippen LogP contribution is -2.17. The Balaban J connectivity index is 1.63. The number of hydrazone groups is 1. The Kier molecular flexibility index (Phi) is 5.53. The molecule has 0 aliphatic carbocycles. The van der Waals surface area contributed by atoms with Crippen LogP contribution in [0, 0.1) is 5.92 Å². The topological polar surface area (TPSA) is 83.0 Å². The molecular formula is C20H21N5O. The van der Waals surface area contributed by atoms with Gasteiger partial charge >= 0.3 is 0 Å². The molecule has 0 saturated heterocycles. The van der Waals surface area contributed by atoms with Crippen LogP contribution in [0.15, 0.2) is 60.0 Å². The molecule has 0 atom stereocenters. The summed E-state index contributed by atoms with van der Waals surface area (Å²) in [5.74, 6) is 0.278. The number of nitrogens with zero attached hydrogens (tertiary/aromatic N) is 3. The van der Waals surface area contributed by atoms with Gasteiger partial charge in [0.15, 0.2) is 0 Å². The first-order chi connectivity index (χ1) is 12.6. The molecule has 3 rings (SSSR count). The van der Waals surface area contributed by atoms with Crippen LogP contribution < -0.4 is 5.43 Å². The van der Waals surface area contributed by atoms with Gasteiger partial charge in [0.25, 0.3) is 5.91 Å². The average Bonchev–Trinajstić information content (AvgIpc) is 3.13. The molecule has 2 N–H and O–H groups in total. The van der Waals surface area contributed by atoms with Crippen LogP contribution in [0.5, 0.6) is 0 Å². The van der Waals surface area contributed by atoms with Crippen LogP contribution in [-0.2, 0) is 6.42 Å². The highest BCUT2D eigenvalue weighted by molar-refractivity contribution is 5.94. The Hall–Kier alpha value is -3.28. The third-order valence-electron chi connectivity index (χ3n) is 3.80. The molecule has 6 nitrogen and oxygen atoms in total. The second-order valence-corrected chi connectivity index (χ2v) is 6.44. The molecule has 132 valence electrons. The van der Waals surface area contributed by atoms with Crippen molar-refractivity contribution in [3.8, 4) is 11.3 Å². The summed E-state index contributed by atoms with van der Waals surface area (Å²) in [6.45, 7) is 4.40. The van der Waals surface area contributed by atoms with Crippen LogP contribution in [0.1, 0.15) is 35.5 Å². The molecular weight excluding hydrogens is 326 g/mol. The third kappa shape index (κ3) is 4.63. The van der Waals surface area contributed by atoms with Gasteiger partial charge in [0, 0.05) is 18.0 Å². The van der Waals surface area contributed by atoms with E-state index in [4.69, 9.17) is 0 Å². The number of amides is 1. The maximum absolute atomic E-state index is 12.1. The molecule has 1 aromatic carbocycles. The molecule has 0 fully saturated rings. The van der Waals surface area contributed by atoms with Crippen molar-refractivity contribution in [2.24, 2.45) is 11.0 Å². The molecule has 6 heteroatoms. The lowest BCUT2D eigenvalue weighted by Gasteiger charge is -2.05. The van der Waals surface area contributed by atoms with Gasteiger partial charge in [-0.15, -0.1) is 0 Å². The highest BCUT2D eigenvalue weighted by Gasteiger charge is 2.10. The third-order valence-corrected chi connectivity index (χ3v) is 3.80. The van der Waals surface area contributed by atoms with Gasteiger partial charge in [0.2, 0.25) is 0 Å². The molecule has 0 unspecified atom stereocenters. The van der Waals surface area contributed by atoms with Crippen LogP contribution in [0.2, 0.25) is 0 Å². The van der Waals surface area contributed by atoms with Crippen LogP contribution >= 0.6 is 0 Å². The predicted molar refractivity (Wildman–Crippen MR) is 102 cm³/mol. The fraction of sp³-hybridized carbons (Fsp3) is 0.200. The molecule has 1 amide bonds. The van der Waals surface area contributed by atoms with Crippen molar-refractivity contribution in [2.45, 2.75) is 20.3 Å². The van der Waals surface area contributed by atoms with Gasteiger partial charge in [-0.1, -0.05) is 38.1 Å². The first kappa shape index (κ1) is 17.5. The zero-order chi connectivity index (χ0) is 18.4. The molecule has 3 aromatic rings. The van der Waals surface area contributed by atoms with E-state index < -0.39 is 0 Å². The largest absolute Gasteiger partial charge is 0.289 e. The number of hydrogen-bond donors (Lipinski definition) is 2. The summed E-state index contributed by atoms with van der Waals surface area (Å²) in [5.41, 5.74) is 6.68. The minimum Gasteiger partial charge on any atom is -0.272 e. The standard InChI is InChI=1S/C20H21N5O/c1-14(2)11-15-3-5-17(6-4-15)18-12-19(24-23-18)20(26)25-22-13-16-7-9-21-10-8-16/h3-10,12-14H,11H2,1-2H3,(H,23,24)(H,25,26)/b22-13+. The number of carbonyl (C=O) groups is 1. The number of nitrogens with one attached hydrogen (secondary N) is 2. The van der Waals surface area contributed by atoms with E-state index >= 15 is 0 Å². The normalized spacial score (nSPS) is 11.2. The van der Waals surface area contributed by atoms with E-state index in [2.05, 4.69) is 51.7 Å². The molecule has 0 aliphatic rings. The minimum absolute atomic E-state index is 0.342. The van der Waals surface area contributed by atoms with Gasteiger partial charge in [0.05, 0.1) is 11.9 Å². The number of H-pyrrole nitrogens is 1. The smallest absolute Gasteiger partial charge is 0.272 e. The van der Waals surface area contributed by atoms with E-state index in [0.29, 0.717) is 11.6 Å². The molecule has 0 bridgehead atoms. The molecule has 0 radical (unpaired) electrons. The molecule has 0 saturated carbocycles. The lowest BCUT2D eigenvalue weighted by molar-refractivity contribution is 0.0950. The van der Waals surface area contributed by atoms with Crippen LogP contribution in [0.25, 0.3) is 11.3 Å². The highest BCUT2D eigenvalue weighted by atomic mass is 16.2. The highest BCUT2D eigenvalue weighted by Crippen LogP contribution is 2.19. The average molecular weight is 347 g/mol. The van der Waals surface area contributed by atoms with E-state index in [9.17, 15) is 4.79 Å². The summed E-state index contributed by atoms with van der Waals surface area (Å²) in [6.07, 6.45) is 5.93. The van der Waals surface area contributed by atoms with E-state index in [1.165, 1.54) is 5.56 Å². The Labute approximate surface area is 152 Å². The van der Waals surface area contributed by atoms with Crippen molar-refractivity contribution in [3.05, 3.63) is 71.7 Å². The number of aromatic amines is 1. The summed E-state index contributed by atoms with van der Waals surface area (Å²) < 4.78 is 0. The Morgan fingerprint density at radius 2 is 1.92 bits per heavy atom. The maximum Gasteiger partial charge on any atom is 0.289 e. The predicted octanol–water partition coefficient (Wildman–Crippen LogP) is 3.43. The van der Waals surface area contributed by atoms with E-state index in [-0.39, 0.29) is 5.91 Å². The minimum atomic E-state index is -0.342. The molecule has 26 heavy (non-hydrogen) atoms. The van der Waals surface area contributed by atoms with E-state index in [1.54, 1.807) is 36.8 Å². The summed E-state index contributed by atoms with van der Waals surface area (Å²) >= 11 is 0. The monoisotopic (exact) mass is 347 g/mol. The summed E-state index contributed by atoms with van der Waals surface area (Å²) in [4.78, 5) is 16.1. The lowest BCUT2D eigenvalue weighted by atomic mass is 10.0. The van der Waals surface area contributed by atoms with Crippen molar-refractivity contribution in [2.75, 3.05) is 0 Å². The Morgan fingerprint density at radius 3 is 2.62 bits per heavy atom. The van der Waals surface area contributed by atoms with Crippen molar-refractivity contribution >= 4 is 12.1 Å². The fourth-order valence-corrected chi connectivity index (χ4v) is 2.54. The first-order valence-corrected chi connectivity index (χ1v) is 8.50. The van der Waals surface area contributed by atoms with Crippen LogP contribution in [-0.4, -0.2) is 27.3 Å². The van der Waals surface area contributed by atoms with Gasteiger partial charge in [-0.3, -0.25) is 14.9 Å². The zero-order valence-corrected chi connectivity index (χ0v) is 14.8. The number of carbonyl (C=O) groups excluding carboxylic acids is 1. The second-order valence-electron chi connectivity index (χ2n) is 6.44. The van der Waals surface area contributed by atoms with Gasteiger partial charge < -0.3 is 0 Å². The molecule has 2 aromatic heterocycles. The summed E-state index contributed by atoms with van der Waals surface area (Å²) in [6, 6.07) is 13.6. The molecule has 0 aliphatic heterocycles. The number of hydrogen-bond acceptors (Lipinski definition) is 4. The van der Waals surface area contributed by atoms with E-state index in [1.807, 2.05) is 12.1 Å². The molecule has 0 spiro atoms. The van der Waals surface area contributed by atoms with Crippen LogP contribution in [0.3, 0.4) is 0 Å². The first-order valence-electron chi connectivity index (χ1n) is 8.50. The van der Waals surface area contributed by atoms with Crippen molar-refractivity contribution in [1.82, 2.24) is 20.6 Å². The van der Waals surface area contributed by atoms with Gasteiger partial charge in [-0.25, -0.2) is 5.43 Å². The zero-order valence-electron chi connectivity index (χ0n) is 14.8. The van der Waals surface area contributed by atoms with Gasteiger partial charge in [-0.2, -0.15) is 10.2 Å². The summed E-state index contributed by atoms with van der Waals surface area (Å²) in [7, 11) is 0. The maximum atomic E-state index is 12.1. The molecule has 2 heterocycles. The van der Waals surface area contributed by atoms with Crippen molar-refractivity contribution in [3.63, 3.8) is 0 Å². The Bertz CT molecular complexity index is 882. The number of benzene rings is 1. The number of rotatable bonds is 6. The Morgan fingerprint density at radius 1 is 1.19 bits per heavy atom. The van der Waals surface area contributed by atoms with Crippen LogP contribution in [0.4, 0.5) is 0 Å². The van der Waals surface area contributed by atoms with Gasteiger partial charge in [0.1, 0.15) is 5.69 Å². The van der Waals surface area contributed by atoms with Crippen molar-refractivity contribution in [1.29, 1.82) is 0 Å². The fourth-order valence-electron chi connectivity index (χ4n) is 2.54. The summed E-state index contributed by atoms with van der Waals surface area (Å²) in [5, 5.41) is 10.9. The second kappa shape index (κ2) is 8.20.